The number of methoxy groups -OCH3 is 1. The Morgan fingerprint density at radius 2 is 2.08 bits per heavy atom. The molecule has 3 N–H and O–H groups in total. The van der Waals surface area contributed by atoms with Crippen molar-refractivity contribution in [1.29, 1.82) is 0 Å². The highest BCUT2D eigenvalue weighted by Gasteiger charge is 2.36. The highest BCUT2D eigenvalue weighted by atomic mass is 35.5. The Bertz CT molecular complexity index is 606. The molecule has 0 heterocycles. The van der Waals surface area contributed by atoms with Crippen LogP contribution in [0.5, 0.6) is 0 Å². The van der Waals surface area contributed by atoms with E-state index in [2.05, 4.69) is 32.9 Å². The number of hydrogen-bond acceptors (Lipinski definition) is 3. The minimum absolute atomic E-state index is 0.0188. The topological polar surface area (TPSA) is 55.5 Å². The van der Waals surface area contributed by atoms with Gasteiger partial charge < -0.3 is 15.6 Å². The quantitative estimate of drug-likeness (QED) is 0.781. The first-order valence-electron chi connectivity index (χ1n) is 8.62. The van der Waals surface area contributed by atoms with Crippen molar-refractivity contribution in [3.63, 3.8) is 0 Å². The van der Waals surface area contributed by atoms with E-state index in [1.54, 1.807) is 7.11 Å². The molecule has 2 rings (SSSR count). The van der Waals surface area contributed by atoms with Crippen LogP contribution in [-0.4, -0.2) is 24.9 Å². The second-order valence-electron chi connectivity index (χ2n) is 8.00. The molecule has 1 aliphatic carbocycles. The van der Waals surface area contributed by atoms with E-state index in [-0.39, 0.29) is 18.1 Å². The largest absolute Gasteiger partial charge is 0.392 e. The van der Waals surface area contributed by atoms with E-state index in [0.29, 0.717) is 0 Å². The Kier molecular flexibility index (Phi) is 6.14. The van der Waals surface area contributed by atoms with E-state index >= 15 is 0 Å². The first kappa shape index (κ1) is 19.5. The summed E-state index contributed by atoms with van der Waals surface area (Å²) >= 11 is 6.52. The number of rotatable bonds is 5. The molecule has 1 aromatic rings. The average Bonchev–Trinajstić information content (AvgIpc) is 2.53. The van der Waals surface area contributed by atoms with Gasteiger partial charge in [0.15, 0.2) is 0 Å². The molecule has 134 valence electrons. The van der Waals surface area contributed by atoms with E-state index in [1.165, 1.54) is 0 Å². The second-order valence-corrected chi connectivity index (χ2v) is 8.41. The number of aliphatic hydroxyl groups excluding tert-OH is 1. The predicted octanol–water partition coefficient (Wildman–Crippen LogP) is 4.20. The number of benzene rings is 1. The highest BCUT2D eigenvalue weighted by Crippen LogP contribution is 2.38. The summed E-state index contributed by atoms with van der Waals surface area (Å²) in [5, 5.41) is 10.5. The summed E-state index contributed by atoms with van der Waals surface area (Å²) in [5.74, 6) is 0. The fourth-order valence-electron chi connectivity index (χ4n) is 3.23. The number of hydrogen-bond donors (Lipinski definition) is 2. The van der Waals surface area contributed by atoms with Crippen LogP contribution in [-0.2, 0) is 16.7 Å². The maximum atomic E-state index is 9.76. The molecule has 1 aliphatic rings. The Labute approximate surface area is 150 Å². The maximum Gasteiger partial charge on any atom is 0.0757 e. The van der Waals surface area contributed by atoms with E-state index in [4.69, 9.17) is 22.1 Å². The van der Waals surface area contributed by atoms with Gasteiger partial charge >= 0.3 is 0 Å². The van der Waals surface area contributed by atoms with Crippen molar-refractivity contribution in [3.05, 3.63) is 46.0 Å². The average molecular weight is 352 g/mol. The number of ether oxygens (including phenoxy) is 1. The Hall–Kier alpha value is -0.870. The second kappa shape index (κ2) is 7.57. The van der Waals surface area contributed by atoms with Gasteiger partial charge in [-0.3, -0.25) is 0 Å². The highest BCUT2D eigenvalue weighted by molar-refractivity contribution is 6.31. The van der Waals surface area contributed by atoms with Gasteiger partial charge in [-0.05, 0) is 53.9 Å². The van der Waals surface area contributed by atoms with Crippen LogP contribution in [0.25, 0.3) is 0 Å². The predicted molar refractivity (Wildman–Crippen MR) is 100 cm³/mol. The summed E-state index contributed by atoms with van der Waals surface area (Å²) in [6.07, 6.45) is 5.57. The standard InChI is InChI=1S/C20H30ClNO2/c1-19(2,3)9-7-14-5-6-15(12-18(14)21)20(22)10-8-17(24-4)11-16(20)13-23/h5-6,11-12,17,23H,7-10,13,22H2,1-4H3. The molecular formula is C20H30ClNO2. The fourth-order valence-corrected chi connectivity index (χ4v) is 3.51. The molecule has 0 aromatic heterocycles. The van der Waals surface area contributed by atoms with Crippen LogP contribution < -0.4 is 5.73 Å². The SMILES string of the molecule is COC1C=C(CO)C(N)(c2ccc(CCC(C)(C)C)c(Cl)c2)CC1. The van der Waals surface area contributed by atoms with E-state index in [1.807, 2.05) is 12.1 Å². The zero-order valence-electron chi connectivity index (χ0n) is 15.2. The van der Waals surface area contributed by atoms with Crippen molar-refractivity contribution in [2.24, 2.45) is 11.1 Å². The molecule has 0 amide bonds. The summed E-state index contributed by atoms with van der Waals surface area (Å²) in [7, 11) is 1.68. The van der Waals surface area contributed by atoms with Gasteiger partial charge in [-0.2, -0.15) is 0 Å². The molecule has 0 aliphatic heterocycles. The normalized spacial score (nSPS) is 24.8. The van der Waals surface area contributed by atoms with Crippen LogP contribution in [0.3, 0.4) is 0 Å². The lowest BCUT2D eigenvalue weighted by molar-refractivity contribution is 0.113. The molecular weight excluding hydrogens is 322 g/mol. The third-order valence-corrected chi connectivity index (χ3v) is 5.32. The van der Waals surface area contributed by atoms with Gasteiger partial charge in [0, 0.05) is 12.1 Å². The van der Waals surface area contributed by atoms with Crippen LogP contribution in [0.15, 0.2) is 29.8 Å². The Morgan fingerprint density at radius 1 is 1.38 bits per heavy atom. The minimum atomic E-state index is -0.671. The van der Waals surface area contributed by atoms with E-state index in [0.717, 1.165) is 47.4 Å². The summed E-state index contributed by atoms with van der Waals surface area (Å²) in [6.45, 7) is 6.63. The molecule has 1 aromatic carbocycles. The molecule has 0 bridgehead atoms. The van der Waals surface area contributed by atoms with Crippen molar-refractivity contribution in [3.8, 4) is 0 Å². The van der Waals surface area contributed by atoms with Crippen molar-refractivity contribution >= 4 is 11.6 Å². The van der Waals surface area contributed by atoms with Crippen LogP contribution in [0.1, 0.15) is 51.2 Å². The monoisotopic (exact) mass is 351 g/mol. The zero-order chi connectivity index (χ0) is 18.0. The molecule has 24 heavy (non-hydrogen) atoms. The van der Waals surface area contributed by atoms with Crippen LogP contribution >= 0.6 is 11.6 Å². The molecule has 0 spiro atoms. The van der Waals surface area contributed by atoms with Crippen molar-refractivity contribution in [1.82, 2.24) is 0 Å². The lowest BCUT2D eigenvalue weighted by Crippen LogP contribution is -2.44. The Balaban J connectivity index is 2.27. The molecule has 0 saturated carbocycles. The lowest BCUT2D eigenvalue weighted by Gasteiger charge is -2.37. The number of aliphatic hydroxyl groups is 1. The van der Waals surface area contributed by atoms with Crippen molar-refractivity contribution in [2.45, 2.75) is 58.1 Å². The Morgan fingerprint density at radius 3 is 2.62 bits per heavy atom. The van der Waals surface area contributed by atoms with Crippen LogP contribution in [0, 0.1) is 5.41 Å². The zero-order valence-corrected chi connectivity index (χ0v) is 16.0. The number of aryl methyl sites for hydroxylation is 1. The maximum absolute atomic E-state index is 9.76. The van der Waals surface area contributed by atoms with Crippen molar-refractivity contribution in [2.75, 3.05) is 13.7 Å². The number of halogens is 1. The van der Waals surface area contributed by atoms with Gasteiger partial charge in [0.2, 0.25) is 0 Å². The van der Waals surface area contributed by atoms with Gasteiger partial charge in [-0.25, -0.2) is 0 Å². The third kappa shape index (κ3) is 4.40. The minimum Gasteiger partial charge on any atom is -0.392 e. The molecule has 2 atom stereocenters. The van der Waals surface area contributed by atoms with Gasteiger partial charge in [0.05, 0.1) is 18.2 Å². The lowest BCUT2D eigenvalue weighted by atomic mass is 9.75. The summed E-state index contributed by atoms with van der Waals surface area (Å²) in [5.41, 5.74) is 9.20. The number of nitrogens with two attached hydrogens (primary N) is 1. The molecule has 0 radical (unpaired) electrons. The molecule has 0 fully saturated rings. The summed E-state index contributed by atoms with van der Waals surface area (Å²) < 4.78 is 5.39. The van der Waals surface area contributed by atoms with Gasteiger partial charge in [-0.1, -0.05) is 50.6 Å². The summed E-state index contributed by atoms with van der Waals surface area (Å²) in [6, 6.07) is 6.10. The van der Waals surface area contributed by atoms with Gasteiger partial charge in [-0.15, -0.1) is 0 Å². The molecule has 2 unspecified atom stereocenters. The first-order chi connectivity index (χ1) is 11.2. The van der Waals surface area contributed by atoms with Crippen molar-refractivity contribution < 1.29 is 9.84 Å². The molecule has 4 heteroatoms. The molecule has 0 saturated heterocycles. The van der Waals surface area contributed by atoms with Gasteiger partial charge in [0.25, 0.3) is 0 Å². The van der Waals surface area contributed by atoms with E-state index in [9.17, 15) is 5.11 Å². The van der Waals surface area contributed by atoms with E-state index < -0.39 is 5.54 Å². The fraction of sp³-hybridized carbons (Fsp3) is 0.600. The van der Waals surface area contributed by atoms with Gasteiger partial charge in [0.1, 0.15) is 0 Å². The first-order valence-corrected chi connectivity index (χ1v) is 9.00. The van der Waals surface area contributed by atoms with Crippen LogP contribution in [0.4, 0.5) is 0 Å². The smallest absolute Gasteiger partial charge is 0.0757 e. The molecule has 3 nitrogen and oxygen atoms in total. The summed E-state index contributed by atoms with van der Waals surface area (Å²) in [4.78, 5) is 0. The third-order valence-electron chi connectivity index (χ3n) is 4.97. The van der Waals surface area contributed by atoms with Crippen LogP contribution in [0.2, 0.25) is 5.02 Å².